The van der Waals surface area contributed by atoms with Gasteiger partial charge in [-0.15, -0.1) is 0 Å². The van der Waals surface area contributed by atoms with E-state index in [2.05, 4.69) is 62.5 Å². The highest BCUT2D eigenvalue weighted by molar-refractivity contribution is 5.42. The van der Waals surface area contributed by atoms with E-state index in [4.69, 9.17) is 4.74 Å². The summed E-state index contributed by atoms with van der Waals surface area (Å²) in [6, 6.07) is 18.6. The molecule has 2 aromatic rings. The Morgan fingerprint density at radius 2 is 1.62 bits per heavy atom. The maximum atomic E-state index is 5.77. The minimum atomic E-state index is 0.230. The maximum Gasteiger partial charge on any atom is 0.119 e. The van der Waals surface area contributed by atoms with Gasteiger partial charge in [-0.2, -0.15) is 0 Å². The summed E-state index contributed by atoms with van der Waals surface area (Å²) in [5.74, 6) is 0.931. The molecule has 0 aromatic heterocycles. The normalized spacial score (nSPS) is 11.2. The first-order chi connectivity index (χ1) is 10.1. The molecule has 0 saturated carbocycles. The zero-order chi connectivity index (χ0) is 15.1. The Balaban J connectivity index is 1.79. The monoisotopic (exact) mass is 283 g/mol. The molecule has 0 bridgehead atoms. The highest BCUT2D eigenvalue weighted by Crippen LogP contribution is 2.27. The average molecular weight is 283 g/mol. The number of anilines is 1. The number of nitrogens with one attached hydrogen (secondary N) is 1. The van der Waals surface area contributed by atoms with Gasteiger partial charge in [-0.25, -0.2) is 0 Å². The smallest absolute Gasteiger partial charge is 0.119 e. The predicted octanol–water partition coefficient (Wildman–Crippen LogP) is 4.87. The van der Waals surface area contributed by atoms with Crippen LogP contribution in [0, 0.1) is 0 Å². The van der Waals surface area contributed by atoms with Crippen molar-refractivity contribution >= 4 is 5.69 Å². The fourth-order valence-electron chi connectivity index (χ4n) is 2.13. The first kappa shape index (κ1) is 15.4. The Labute approximate surface area is 128 Å². The van der Waals surface area contributed by atoms with Crippen LogP contribution in [-0.4, -0.2) is 13.2 Å². The summed E-state index contributed by atoms with van der Waals surface area (Å²) in [5.41, 5.74) is 2.72. The topological polar surface area (TPSA) is 21.3 Å². The van der Waals surface area contributed by atoms with E-state index in [0.717, 1.165) is 24.4 Å². The molecule has 2 heteroatoms. The fourth-order valence-corrected chi connectivity index (χ4v) is 2.13. The Kier molecular flexibility index (Phi) is 5.26. The van der Waals surface area contributed by atoms with Crippen LogP contribution < -0.4 is 10.1 Å². The molecule has 0 atom stereocenters. The van der Waals surface area contributed by atoms with Crippen LogP contribution in [0.3, 0.4) is 0 Å². The molecule has 0 spiro atoms. The van der Waals surface area contributed by atoms with Crippen molar-refractivity contribution < 1.29 is 4.74 Å². The van der Waals surface area contributed by atoms with Crippen molar-refractivity contribution in [3.63, 3.8) is 0 Å². The number of benzene rings is 2. The Bertz CT molecular complexity index is 531. The molecule has 2 rings (SSSR count). The van der Waals surface area contributed by atoms with Crippen LogP contribution in [0.1, 0.15) is 32.8 Å². The molecule has 2 aromatic carbocycles. The lowest BCUT2D eigenvalue weighted by Gasteiger charge is -2.23. The molecular weight excluding hydrogens is 258 g/mol. The van der Waals surface area contributed by atoms with Crippen LogP contribution in [0.4, 0.5) is 5.69 Å². The number of rotatable bonds is 7. The second-order valence-corrected chi connectivity index (χ2v) is 5.90. The molecule has 112 valence electrons. The van der Waals surface area contributed by atoms with Crippen molar-refractivity contribution in [2.75, 3.05) is 18.5 Å². The van der Waals surface area contributed by atoms with E-state index in [-0.39, 0.29) is 5.41 Å². The third-order valence-corrected chi connectivity index (χ3v) is 3.99. The SMILES string of the molecule is CCC(C)(C)c1ccc(OCCNc2ccccc2)cc1. The third-order valence-electron chi connectivity index (χ3n) is 3.99. The third kappa shape index (κ3) is 4.52. The van der Waals surface area contributed by atoms with Crippen LogP contribution in [0.2, 0.25) is 0 Å². The minimum absolute atomic E-state index is 0.230. The van der Waals surface area contributed by atoms with Crippen molar-refractivity contribution in [1.29, 1.82) is 0 Å². The zero-order valence-corrected chi connectivity index (χ0v) is 13.2. The van der Waals surface area contributed by atoms with Gasteiger partial charge in [0.2, 0.25) is 0 Å². The van der Waals surface area contributed by atoms with Gasteiger partial charge in [0, 0.05) is 12.2 Å². The van der Waals surface area contributed by atoms with Gasteiger partial charge in [0.15, 0.2) is 0 Å². The van der Waals surface area contributed by atoms with Crippen LogP contribution in [0.15, 0.2) is 54.6 Å². The van der Waals surface area contributed by atoms with E-state index in [0.29, 0.717) is 6.61 Å². The predicted molar refractivity (Wildman–Crippen MR) is 90.2 cm³/mol. The molecule has 1 N–H and O–H groups in total. The lowest BCUT2D eigenvalue weighted by Crippen LogP contribution is -2.15. The lowest BCUT2D eigenvalue weighted by atomic mass is 9.82. The second-order valence-electron chi connectivity index (χ2n) is 5.90. The van der Waals surface area contributed by atoms with Crippen molar-refractivity contribution in [2.24, 2.45) is 0 Å². The molecule has 21 heavy (non-hydrogen) atoms. The Morgan fingerprint density at radius 3 is 2.24 bits per heavy atom. The minimum Gasteiger partial charge on any atom is -0.492 e. The van der Waals surface area contributed by atoms with E-state index < -0.39 is 0 Å². The maximum absolute atomic E-state index is 5.77. The summed E-state index contributed by atoms with van der Waals surface area (Å²) in [4.78, 5) is 0. The van der Waals surface area contributed by atoms with Gasteiger partial charge in [-0.05, 0) is 41.7 Å². The molecule has 0 aliphatic rings. The van der Waals surface area contributed by atoms with Gasteiger partial charge in [-0.1, -0.05) is 51.1 Å². The highest BCUT2D eigenvalue weighted by atomic mass is 16.5. The number of ether oxygens (including phenoxy) is 1. The number of hydrogen-bond donors (Lipinski definition) is 1. The van der Waals surface area contributed by atoms with Gasteiger partial charge in [0.1, 0.15) is 12.4 Å². The van der Waals surface area contributed by atoms with Crippen molar-refractivity contribution in [1.82, 2.24) is 0 Å². The fraction of sp³-hybridized carbons (Fsp3) is 0.368. The molecule has 0 amide bonds. The zero-order valence-electron chi connectivity index (χ0n) is 13.2. The van der Waals surface area contributed by atoms with Crippen LogP contribution in [0.25, 0.3) is 0 Å². The highest BCUT2D eigenvalue weighted by Gasteiger charge is 2.17. The first-order valence-electron chi connectivity index (χ1n) is 7.64. The molecule has 0 unspecified atom stereocenters. The molecule has 0 fully saturated rings. The number of hydrogen-bond acceptors (Lipinski definition) is 2. The van der Waals surface area contributed by atoms with Gasteiger partial charge in [0.25, 0.3) is 0 Å². The Morgan fingerprint density at radius 1 is 0.952 bits per heavy atom. The summed E-state index contributed by atoms with van der Waals surface area (Å²) in [7, 11) is 0. The molecule has 0 radical (unpaired) electrons. The van der Waals surface area contributed by atoms with Gasteiger partial charge >= 0.3 is 0 Å². The molecule has 0 heterocycles. The second kappa shape index (κ2) is 7.16. The lowest BCUT2D eigenvalue weighted by molar-refractivity contribution is 0.332. The Hall–Kier alpha value is -1.96. The van der Waals surface area contributed by atoms with E-state index in [1.165, 1.54) is 5.56 Å². The quantitative estimate of drug-likeness (QED) is 0.732. The van der Waals surface area contributed by atoms with Crippen LogP contribution in [0.5, 0.6) is 5.75 Å². The summed E-state index contributed by atoms with van der Waals surface area (Å²) in [6.45, 7) is 8.22. The van der Waals surface area contributed by atoms with Gasteiger partial charge in [-0.3, -0.25) is 0 Å². The van der Waals surface area contributed by atoms with Crippen molar-refractivity contribution in [2.45, 2.75) is 32.6 Å². The molecule has 0 saturated heterocycles. The first-order valence-corrected chi connectivity index (χ1v) is 7.64. The summed E-state index contributed by atoms with van der Waals surface area (Å²) >= 11 is 0. The molecule has 0 aliphatic heterocycles. The standard InChI is InChI=1S/C19H25NO/c1-4-19(2,3)16-10-12-18(13-11-16)21-15-14-20-17-8-6-5-7-9-17/h5-13,20H,4,14-15H2,1-3H3. The number of para-hydroxylation sites is 1. The average Bonchev–Trinajstić information content (AvgIpc) is 2.53. The van der Waals surface area contributed by atoms with E-state index in [1.54, 1.807) is 0 Å². The molecular formula is C19H25NO. The van der Waals surface area contributed by atoms with Crippen LogP contribution >= 0.6 is 0 Å². The van der Waals surface area contributed by atoms with E-state index in [1.807, 2.05) is 18.2 Å². The van der Waals surface area contributed by atoms with Crippen LogP contribution in [-0.2, 0) is 5.41 Å². The summed E-state index contributed by atoms with van der Waals surface area (Å²) in [5, 5.41) is 3.33. The molecule has 2 nitrogen and oxygen atoms in total. The van der Waals surface area contributed by atoms with E-state index in [9.17, 15) is 0 Å². The largest absolute Gasteiger partial charge is 0.492 e. The molecule has 0 aliphatic carbocycles. The van der Waals surface area contributed by atoms with Crippen molar-refractivity contribution in [3.8, 4) is 5.75 Å². The van der Waals surface area contributed by atoms with Gasteiger partial charge < -0.3 is 10.1 Å². The summed E-state index contributed by atoms with van der Waals surface area (Å²) < 4.78 is 5.77. The summed E-state index contributed by atoms with van der Waals surface area (Å²) in [6.07, 6.45) is 1.13. The van der Waals surface area contributed by atoms with E-state index >= 15 is 0 Å². The van der Waals surface area contributed by atoms with Gasteiger partial charge in [0.05, 0.1) is 0 Å². The van der Waals surface area contributed by atoms with Crippen molar-refractivity contribution in [3.05, 3.63) is 60.2 Å².